The molecule has 5 rings (SSSR count). The van der Waals surface area contributed by atoms with E-state index < -0.39 is 0 Å². The van der Waals surface area contributed by atoms with Gasteiger partial charge in [0.25, 0.3) is 0 Å². The second-order valence-corrected chi connectivity index (χ2v) is 7.65. The molecule has 3 aromatic heterocycles. The topological polar surface area (TPSA) is 69.7 Å². The lowest BCUT2D eigenvalue weighted by atomic mass is 9.98. The number of hydrogen-bond acceptors (Lipinski definition) is 5. The van der Waals surface area contributed by atoms with Gasteiger partial charge in [-0.05, 0) is 55.9 Å². The van der Waals surface area contributed by atoms with Crippen molar-refractivity contribution in [2.45, 2.75) is 51.2 Å². The summed E-state index contributed by atoms with van der Waals surface area (Å²) in [7, 11) is 0. The first-order chi connectivity index (χ1) is 13.2. The molecule has 1 saturated heterocycles. The van der Waals surface area contributed by atoms with Gasteiger partial charge in [0, 0.05) is 31.0 Å². The third-order valence-electron chi connectivity index (χ3n) is 5.78. The van der Waals surface area contributed by atoms with Crippen LogP contribution >= 0.6 is 0 Å². The van der Waals surface area contributed by atoms with Crippen LogP contribution in [-0.4, -0.2) is 32.8 Å². The van der Waals surface area contributed by atoms with E-state index in [4.69, 9.17) is 0 Å². The largest absolute Gasteiger partial charge is 0.347 e. The van der Waals surface area contributed by atoms with Crippen molar-refractivity contribution < 1.29 is 4.39 Å². The van der Waals surface area contributed by atoms with Gasteiger partial charge in [-0.15, -0.1) is 0 Å². The van der Waals surface area contributed by atoms with E-state index in [0.29, 0.717) is 6.04 Å². The first-order valence-electron chi connectivity index (χ1n) is 9.66. The maximum Gasteiger partial charge on any atom is 0.160 e. The first kappa shape index (κ1) is 16.6. The summed E-state index contributed by atoms with van der Waals surface area (Å²) in [5.41, 5.74) is 3.94. The van der Waals surface area contributed by atoms with Crippen molar-refractivity contribution in [1.82, 2.24) is 25.5 Å². The molecule has 1 fully saturated rings. The Kier molecular flexibility index (Phi) is 4.04. The number of halogens is 1. The average Bonchev–Trinajstić information content (AvgIpc) is 3.30. The second kappa shape index (κ2) is 6.56. The molecule has 6 nitrogen and oxygen atoms in total. The number of hydrogen-bond donors (Lipinski definition) is 2. The number of aryl methyl sites for hydroxylation is 1. The van der Waals surface area contributed by atoms with Crippen molar-refractivity contribution in [2.75, 3.05) is 11.4 Å². The van der Waals surface area contributed by atoms with Crippen molar-refractivity contribution in [3.05, 3.63) is 47.2 Å². The van der Waals surface area contributed by atoms with Crippen LogP contribution in [0.1, 0.15) is 49.0 Å². The van der Waals surface area contributed by atoms with Crippen LogP contribution in [0.5, 0.6) is 0 Å². The second-order valence-electron chi connectivity index (χ2n) is 7.65. The lowest BCUT2D eigenvalue weighted by Gasteiger charge is -2.26. The van der Waals surface area contributed by atoms with Crippen LogP contribution in [0.3, 0.4) is 0 Å². The van der Waals surface area contributed by atoms with Gasteiger partial charge in [-0.3, -0.25) is 10.1 Å². The van der Waals surface area contributed by atoms with Crippen LogP contribution in [0.25, 0.3) is 11.0 Å². The number of nitrogens with zero attached hydrogens (tertiary/aromatic N) is 4. The van der Waals surface area contributed by atoms with E-state index in [1.54, 1.807) is 6.07 Å². The monoisotopic (exact) mass is 366 g/mol. The Labute approximate surface area is 157 Å². The lowest BCUT2D eigenvalue weighted by molar-refractivity contribution is 0.508. The summed E-state index contributed by atoms with van der Waals surface area (Å²) in [4.78, 5) is 11.3. The molecular weight excluding hydrogens is 343 g/mol. The van der Waals surface area contributed by atoms with Crippen molar-refractivity contribution in [1.29, 1.82) is 0 Å². The molecule has 3 aromatic rings. The first-order valence-corrected chi connectivity index (χ1v) is 9.66. The summed E-state index contributed by atoms with van der Waals surface area (Å²) in [5.74, 6) is 0.635. The van der Waals surface area contributed by atoms with E-state index in [1.165, 1.54) is 6.20 Å². The third kappa shape index (κ3) is 2.96. The Morgan fingerprint density at radius 1 is 1.19 bits per heavy atom. The molecule has 7 heteroatoms. The van der Waals surface area contributed by atoms with Crippen LogP contribution in [0, 0.1) is 5.82 Å². The van der Waals surface area contributed by atoms with Gasteiger partial charge in [0.1, 0.15) is 5.82 Å². The number of anilines is 1. The minimum Gasteiger partial charge on any atom is -0.347 e. The highest BCUT2D eigenvalue weighted by Gasteiger charge is 2.31. The van der Waals surface area contributed by atoms with E-state index in [2.05, 4.69) is 43.4 Å². The summed E-state index contributed by atoms with van der Waals surface area (Å²) < 4.78 is 14.1. The SMILES string of the molecule is C[C@@H]1CCc2ncc(F)cc2[C@H]2CCCN2c2n[nH]c3ncc(cc23)CN1. The normalized spacial score (nSPS) is 22.8. The molecule has 0 unspecified atom stereocenters. The predicted octanol–water partition coefficient (Wildman–Crippen LogP) is 3.26. The Bertz CT molecular complexity index is 984. The van der Waals surface area contributed by atoms with E-state index in [-0.39, 0.29) is 11.9 Å². The van der Waals surface area contributed by atoms with E-state index in [1.807, 2.05) is 6.20 Å². The molecule has 140 valence electrons. The van der Waals surface area contributed by atoms with Crippen LogP contribution in [0.4, 0.5) is 10.2 Å². The molecule has 5 heterocycles. The molecule has 2 bridgehead atoms. The lowest BCUT2D eigenvalue weighted by Crippen LogP contribution is -2.27. The Balaban J connectivity index is 1.67. The molecule has 27 heavy (non-hydrogen) atoms. The van der Waals surface area contributed by atoms with Crippen LogP contribution in [0.15, 0.2) is 24.5 Å². The molecule has 0 radical (unpaired) electrons. The number of rotatable bonds is 0. The van der Waals surface area contributed by atoms with Gasteiger partial charge in [-0.25, -0.2) is 9.37 Å². The van der Waals surface area contributed by atoms with Gasteiger partial charge < -0.3 is 10.2 Å². The zero-order valence-corrected chi connectivity index (χ0v) is 15.4. The number of H-pyrrole nitrogens is 1. The number of pyridine rings is 2. The van der Waals surface area contributed by atoms with Crippen molar-refractivity contribution in [3.8, 4) is 0 Å². The number of aromatic amines is 1. The fraction of sp³-hybridized carbons (Fsp3) is 0.450. The number of aromatic nitrogens is 4. The zero-order chi connectivity index (χ0) is 18.4. The zero-order valence-electron chi connectivity index (χ0n) is 15.4. The Hall–Kier alpha value is -2.54. The highest BCUT2D eigenvalue weighted by atomic mass is 19.1. The standard InChI is InChI=1S/C20H23FN6/c1-12-4-5-17-15(8-14(21)11-23-17)18-3-2-6-27(18)20-16-7-13(9-22-12)10-24-19(16)25-26-20/h7-8,10-12,18,22H,2-6,9H2,1H3,(H,24,25,26)/t12-,18-/m1/s1. The highest BCUT2D eigenvalue weighted by Crippen LogP contribution is 2.39. The smallest absolute Gasteiger partial charge is 0.160 e. The Morgan fingerprint density at radius 2 is 2.11 bits per heavy atom. The van der Waals surface area contributed by atoms with Gasteiger partial charge in [0.15, 0.2) is 11.5 Å². The summed E-state index contributed by atoms with van der Waals surface area (Å²) in [6.07, 6.45) is 7.07. The Morgan fingerprint density at radius 3 is 3.04 bits per heavy atom. The molecular formula is C20H23FN6. The molecule has 0 amide bonds. The minimum atomic E-state index is -0.271. The molecule has 0 spiro atoms. The molecule has 2 atom stereocenters. The maximum absolute atomic E-state index is 14.1. The molecule has 2 N–H and O–H groups in total. The highest BCUT2D eigenvalue weighted by molar-refractivity contribution is 5.88. The van der Waals surface area contributed by atoms with Crippen LogP contribution in [0.2, 0.25) is 0 Å². The molecule has 0 saturated carbocycles. The summed E-state index contributed by atoms with van der Waals surface area (Å²) in [6, 6.07) is 4.27. The molecule has 0 aliphatic carbocycles. The summed E-state index contributed by atoms with van der Waals surface area (Å²) in [5, 5.41) is 12.2. The fourth-order valence-corrected chi connectivity index (χ4v) is 4.32. The van der Waals surface area contributed by atoms with Gasteiger partial charge in [0.05, 0.1) is 17.6 Å². The summed E-state index contributed by atoms with van der Waals surface area (Å²) >= 11 is 0. The molecule has 0 aromatic carbocycles. The van der Waals surface area contributed by atoms with Gasteiger partial charge in [0.2, 0.25) is 0 Å². The van der Waals surface area contributed by atoms with Crippen molar-refractivity contribution >= 4 is 16.9 Å². The van der Waals surface area contributed by atoms with Crippen molar-refractivity contribution in [2.24, 2.45) is 0 Å². The maximum atomic E-state index is 14.1. The minimum absolute atomic E-state index is 0.0994. The summed E-state index contributed by atoms with van der Waals surface area (Å²) in [6.45, 7) is 3.85. The van der Waals surface area contributed by atoms with E-state index in [0.717, 1.165) is 72.4 Å². The van der Waals surface area contributed by atoms with E-state index >= 15 is 0 Å². The number of nitrogens with one attached hydrogen (secondary N) is 2. The van der Waals surface area contributed by atoms with Crippen molar-refractivity contribution in [3.63, 3.8) is 0 Å². The van der Waals surface area contributed by atoms with Gasteiger partial charge in [-0.2, -0.15) is 5.10 Å². The van der Waals surface area contributed by atoms with Gasteiger partial charge in [-0.1, -0.05) is 0 Å². The fourth-order valence-electron chi connectivity index (χ4n) is 4.32. The molecule has 2 aliphatic heterocycles. The van der Waals surface area contributed by atoms with Crippen LogP contribution < -0.4 is 10.2 Å². The van der Waals surface area contributed by atoms with Crippen LogP contribution in [-0.2, 0) is 13.0 Å². The molecule has 2 aliphatic rings. The third-order valence-corrected chi connectivity index (χ3v) is 5.78. The number of fused-ring (bicyclic) bond motifs is 5. The average molecular weight is 366 g/mol. The quantitative estimate of drug-likeness (QED) is 0.639. The predicted molar refractivity (Wildman–Crippen MR) is 102 cm³/mol. The van der Waals surface area contributed by atoms with E-state index in [9.17, 15) is 4.39 Å². The van der Waals surface area contributed by atoms with Gasteiger partial charge >= 0.3 is 0 Å².